The summed E-state index contributed by atoms with van der Waals surface area (Å²) in [6, 6.07) is 0. The van der Waals surface area contributed by atoms with E-state index in [2.05, 4.69) is 20.8 Å². The van der Waals surface area contributed by atoms with Crippen molar-refractivity contribution in [2.75, 3.05) is 6.61 Å². The average molecular weight is 170 g/mol. The van der Waals surface area contributed by atoms with Crippen LogP contribution in [0.25, 0.3) is 0 Å². The van der Waals surface area contributed by atoms with E-state index in [4.69, 9.17) is 4.74 Å². The molecule has 12 heavy (non-hydrogen) atoms. The van der Waals surface area contributed by atoms with Gasteiger partial charge in [0, 0.05) is 5.57 Å². The molecule has 0 aromatic rings. The number of rotatable bonds is 2. The molecule has 0 aliphatic carbocycles. The molecule has 0 aliphatic heterocycles. The molecule has 0 aromatic carbocycles. The summed E-state index contributed by atoms with van der Waals surface area (Å²) in [7, 11) is 0. The van der Waals surface area contributed by atoms with Crippen molar-refractivity contribution in [3.8, 4) is 0 Å². The van der Waals surface area contributed by atoms with Gasteiger partial charge >= 0.3 is 5.97 Å². The minimum atomic E-state index is -0.215. The number of allylic oxidation sites excluding steroid dienone is 1. The van der Waals surface area contributed by atoms with E-state index in [1.807, 2.05) is 13.0 Å². The largest absolute Gasteiger partial charge is 0.463 e. The Bertz CT molecular complexity index is 185. The van der Waals surface area contributed by atoms with E-state index in [0.29, 0.717) is 12.2 Å². The van der Waals surface area contributed by atoms with Gasteiger partial charge in [0.25, 0.3) is 0 Å². The van der Waals surface area contributed by atoms with E-state index in [9.17, 15) is 4.79 Å². The smallest absolute Gasteiger partial charge is 0.333 e. The van der Waals surface area contributed by atoms with Crippen LogP contribution in [0.4, 0.5) is 0 Å². The summed E-state index contributed by atoms with van der Waals surface area (Å²) in [5, 5.41) is 0. The zero-order valence-electron chi connectivity index (χ0n) is 8.60. The Hall–Kier alpha value is -0.790. The van der Waals surface area contributed by atoms with E-state index in [0.717, 1.165) is 0 Å². The highest BCUT2D eigenvalue weighted by Gasteiger charge is 2.11. The molecule has 0 aromatic heterocycles. The van der Waals surface area contributed by atoms with Crippen molar-refractivity contribution in [1.29, 1.82) is 0 Å². The molecule has 70 valence electrons. The lowest BCUT2D eigenvalue weighted by molar-refractivity contribution is -0.138. The molecule has 0 N–H and O–H groups in total. The quantitative estimate of drug-likeness (QED) is 0.470. The number of ether oxygens (including phenoxy) is 1. The van der Waals surface area contributed by atoms with Gasteiger partial charge in [-0.15, -0.1) is 0 Å². The van der Waals surface area contributed by atoms with Crippen LogP contribution < -0.4 is 0 Å². The highest BCUT2D eigenvalue weighted by molar-refractivity contribution is 5.87. The third-order valence-corrected chi connectivity index (χ3v) is 1.25. The Balaban J connectivity index is 4.28. The molecule has 0 radical (unpaired) electrons. The maximum absolute atomic E-state index is 11.1. The van der Waals surface area contributed by atoms with Gasteiger partial charge in [0.1, 0.15) is 0 Å². The molecule has 0 bridgehead atoms. The first-order chi connectivity index (χ1) is 5.37. The van der Waals surface area contributed by atoms with Crippen LogP contribution in [0.2, 0.25) is 0 Å². The van der Waals surface area contributed by atoms with Crippen LogP contribution in [0.3, 0.4) is 0 Å². The Labute approximate surface area is 74.6 Å². The van der Waals surface area contributed by atoms with Gasteiger partial charge in [-0.05, 0) is 19.3 Å². The molecule has 0 saturated carbocycles. The predicted molar refractivity (Wildman–Crippen MR) is 49.8 cm³/mol. The summed E-state index contributed by atoms with van der Waals surface area (Å²) in [6.45, 7) is 10.2. The van der Waals surface area contributed by atoms with Crippen molar-refractivity contribution in [2.45, 2.75) is 34.6 Å². The fourth-order valence-corrected chi connectivity index (χ4v) is 0.953. The van der Waals surface area contributed by atoms with Crippen LogP contribution in [0.15, 0.2) is 11.6 Å². The Morgan fingerprint density at radius 1 is 1.42 bits per heavy atom. The van der Waals surface area contributed by atoms with Crippen LogP contribution in [0.1, 0.15) is 34.6 Å². The fourth-order valence-electron chi connectivity index (χ4n) is 0.953. The van der Waals surface area contributed by atoms with Gasteiger partial charge in [0.15, 0.2) is 0 Å². The molecule has 0 unspecified atom stereocenters. The number of hydrogen-bond acceptors (Lipinski definition) is 2. The van der Waals surface area contributed by atoms with E-state index in [1.54, 1.807) is 6.92 Å². The number of esters is 1. The van der Waals surface area contributed by atoms with E-state index in [1.165, 1.54) is 0 Å². The number of hydrogen-bond donors (Lipinski definition) is 0. The Morgan fingerprint density at radius 2 is 1.92 bits per heavy atom. The van der Waals surface area contributed by atoms with Gasteiger partial charge in [-0.1, -0.05) is 26.8 Å². The van der Waals surface area contributed by atoms with Crippen molar-refractivity contribution >= 4 is 5.97 Å². The summed E-state index contributed by atoms with van der Waals surface area (Å²) in [5.74, 6) is -0.215. The number of carbonyl (C=O) groups is 1. The second-order valence-electron chi connectivity index (χ2n) is 3.91. The SMILES string of the molecule is CCOC(=O)/C(C)=C\C(C)(C)C. The topological polar surface area (TPSA) is 26.3 Å². The van der Waals surface area contributed by atoms with Crippen LogP contribution in [0, 0.1) is 5.41 Å². The van der Waals surface area contributed by atoms with Crippen molar-refractivity contribution in [3.63, 3.8) is 0 Å². The van der Waals surface area contributed by atoms with Gasteiger partial charge in [-0.3, -0.25) is 0 Å². The van der Waals surface area contributed by atoms with Gasteiger partial charge in [0.2, 0.25) is 0 Å². The second-order valence-corrected chi connectivity index (χ2v) is 3.91. The van der Waals surface area contributed by atoms with Crippen molar-refractivity contribution in [3.05, 3.63) is 11.6 Å². The molecule has 0 fully saturated rings. The van der Waals surface area contributed by atoms with Crippen molar-refractivity contribution in [1.82, 2.24) is 0 Å². The van der Waals surface area contributed by atoms with Crippen molar-refractivity contribution in [2.24, 2.45) is 5.41 Å². The van der Waals surface area contributed by atoms with Gasteiger partial charge < -0.3 is 4.74 Å². The van der Waals surface area contributed by atoms with Crippen LogP contribution in [-0.4, -0.2) is 12.6 Å². The van der Waals surface area contributed by atoms with Crippen molar-refractivity contribution < 1.29 is 9.53 Å². The molecule has 2 heteroatoms. The normalized spacial score (nSPS) is 12.9. The summed E-state index contributed by atoms with van der Waals surface area (Å²) in [6.07, 6.45) is 1.92. The molecule has 0 saturated heterocycles. The molecule has 0 atom stereocenters. The first kappa shape index (κ1) is 11.2. The van der Waals surface area contributed by atoms with Crippen LogP contribution in [0.5, 0.6) is 0 Å². The molecular formula is C10H18O2. The maximum atomic E-state index is 11.1. The predicted octanol–water partition coefficient (Wildman–Crippen LogP) is 2.54. The second kappa shape index (κ2) is 4.29. The van der Waals surface area contributed by atoms with E-state index < -0.39 is 0 Å². The minimum Gasteiger partial charge on any atom is -0.463 e. The Morgan fingerprint density at radius 3 is 2.25 bits per heavy atom. The maximum Gasteiger partial charge on any atom is 0.333 e. The first-order valence-electron chi connectivity index (χ1n) is 4.23. The monoisotopic (exact) mass is 170 g/mol. The minimum absolute atomic E-state index is 0.0385. The van der Waals surface area contributed by atoms with Gasteiger partial charge in [0.05, 0.1) is 6.61 Å². The molecule has 0 rings (SSSR count). The summed E-state index contributed by atoms with van der Waals surface area (Å²) in [5.41, 5.74) is 0.723. The molecule has 0 aliphatic rings. The zero-order valence-corrected chi connectivity index (χ0v) is 8.60. The van der Waals surface area contributed by atoms with Gasteiger partial charge in [-0.25, -0.2) is 4.79 Å². The summed E-state index contributed by atoms with van der Waals surface area (Å²) < 4.78 is 4.84. The summed E-state index contributed by atoms with van der Waals surface area (Å²) in [4.78, 5) is 11.1. The third-order valence-electron chi connectivity index (χ3n) is 1.25. The lowest BCUT2D eigenvalue weighted by Gasteiger charge is -2.13. The van der Waals surface area contributed by atoms with Crippen LogP contribution in [-0.2, 0) is 9.53 Å². The van der Waals surface area contributed by atoms with Crippen LogP contribution >= 0.6 is 0 Å². The van der Waals surface area contributed by atoms with Gasteiger partial charge in [-0.2, -0.15) is 0 Å². The first-order valence-corrected chi connectivity index (χ1v) is 4.23. The lowest BCUT2D eigenvalue weighted by atomic mass is 9.94. The number of carbonyl (C=O) groups excluding carboxylic acids is 1. The molecule has 2 nitrogen and oxygen atoms in total. The van der Waals surface area contributed by atoms with E-state index in [-0.39, 0.29) is 11.4 Å². The molecule has 0 spiro atoms. The molecular weight excluding hydrogens is 152 g/mol. The highest BCUT2D eigenvalue weighted by atomic mass is 16.5. The average Bonchev–Trinajstić information content (AvgIpc) is 1.84. The third kappa shape index (κ3) is 4.94. The lowest BCUT2D eigenvalue weighted by Crippen LogP contribution is -2.09. The van der Waals surface area contributed by atoms with E-state index >= 15 is 0 Å². The standard InChI is InChI=1S/C10H18O2/c1-6-12-9(11)8(2)7-10(3,4)5/h7H,6H2,1-5H3/b8-7-. The molecule has 0 heterocycles. The Kier molecular flexibility index (Phi) is 4.01. The fraction of sp³-hybridized carbons (Fsp3) is 0.700. The molecule has 0 amide bonds. The summed E-state index contributed by atoms with van der Waals surface area (Å²) >= 11 is 0. The highest BCUT2D eigenvalue weighted by Crippen LogP contribution is 2.17. The zero-order chi connectivity index (χ0) is 9.78.